The van der Waals surface area contributed by atoms with E-state index in [0.717, 1.165) is 0 Å². The zero-order chi connectivity index (χ0) is 24.1. The third-order valence-electron chi connectivity index (χ3n) is 3.31. The third-order valence-corrected chi connectivity index (χ3v) is 3.51. The Morgan fingerprint density at radius 2 is 0.724 bits per heavy atom. The molecule has 0 heterocycles. The predicted molar refractivity (Wildman–Crippen MR) is 57.0 cm³/mol. The fraction of sp³-hybridized carbons (Fsp3) is 1.00. The summed E-state index contributed by atoms with van der Waals surface area (Å²) in [5, 5.41) is 0. The van der Waals surface area contributed by atoms with E-state index in [2.05, 4.69) is 4.43 Å². The molecule has 0 aromatic rings. The maximum Gasteiger partial charge on any atom is 0.460 e. The second kappa shape index (κ2) is 7.29. The molecule has 0 rings (SSSR count). The van der Waals surface area contributed by atoms with Gasteiger partial charge < -0.3 is 4.43 Å². The van der Waals surface area contributed by atoms with Gasteiger partial charge in [-0.15, -0.1) is 0 Å². The zero-order valence-corrected chi connectivity index (χ0v) is 13.7. The molecular weight excluding hydrogens is 487 g/mol. The van der Waals surface area contributed by atoms with E-state index in [1.165, 1.54) is 0 Å². The number of alkyl halides is 17. The van der Waals surface area contributed by atoms with Gasteiger partial charge in [-0.25, -0.2) is 0 Å². The predicted octanol–water partition coefficient (Wildman–Crippen LogP) is 5.49. The highest BCUT2D eigenvalue weighted by Crippen LogP contribution is 2.64. The van der Waals surface area contributed by atoms with Crippen molar-refractivity contribution in [3.63, 3.8) is 0 Å². The average Bonchev–Trinajstić information content (AvgIpc) is 2.50. The lowest BCUT2D eigenvalue weighted by Crippen LogP contribution is -2.74. The Bertz CT molecular complexity index is 579. The smallest absolute Gasteiger partial charge is 0.418 e. The first kappa shape index (κ1) is 28.0. The minimum Gasteiger partial charge on any atom is -0.418 e. The number of hydrogen-bond acceptors (Lipinski definition) is 1. The van der Waals surface area contributed by atoms with Gasteiger partial charge in [0.25, 0.3) is 0 Å². The SMILES string of the molecule is FC(F)(F)C(F)(F)C(F)(F)C(F)(F)C(F)(F)C(F)(F)C(F)(F)C(F)(F)CCO[Si]. The molecule has 0 saturated carbocycles. The Morgan fingerprint density at radius 3 is 1.00 bits per heavy atom. The number of rotatable bonds is 9. The molecule has 173 valence electrons. The fourth-order valence-electron chi connectivity index (χ4n) is 1.53. The second-order valence-electron chi connectivity index (χ2n) is 5.25. The molecule has 0 amide bonds. The molecule has 0 saturated heterocycles. The second-order valence-corrected chi connectivity index (χ2v) is 5.54. The van der Waals surface area contributed by atoms with E-state index >= 15 is 0 Å². The minimum absolute atomic E-state index is 1.68. The molecule has 0 aliphatic rings. The van der Waals surface area contributed by atoms with Gasteiger partial charge in [-0.2, -0.15) is 74.6 Å². The van der Waals surface area contributed by atoms with Crippen molar-refractivity contribution in [2.24, 2.45) is 0 Å². The lowest BCUT2D eigenvalue weighted by molar-refractivity contribution is -0.461. The first-order valence-corrected chi connectivity index (χ1v) is 6.72. The van der Waals surface area contributed by atoms with E-state index in [4.69, 9.17) is 0 Å². The topological polar surface area (TPSA) is 9.23 Å². The summed E-state index contributed by atoms with van der Waals surface area (Å²) in [6.45, 7) is -1.68. The summed E-state index contributed by atoms with van der Waals surface area (Å²) in [5.74, 6) is -56.1. The standard InChI is InChI=1S/C10H4F17OSi/c11-3(12,1-2-28-29)4(13,14)5(15,16)6(17,18)7(19,20)8(21,22)9(23,24)10(25,26)27/h1-2H2. The summed E-state index contributed by atoms with van der Waals surface area (Å²) in [7, 11) is 1.88. The summed E-state index contributed by atoms with van der Waals surface area (Å²) in [5.41, 5.74) is 0. The molecule has 19 heteroatoms. The van der Waals surface area contributed by atoms with Crippen LogP contribution in [0.25, 0.3) is 0 Å². The Morgan fingerprint density at radius 1 is 0.448 bits per heavy atom. The van der Waals surface area contributed by atoms with Crippen LogP contribution in [0.5, 0.6) is 0 Å². The molecule has 0 spiro atoms. The molecule has 0 bridgehead atoms. The molecule has 0 fully saturated rings. The highest BCUT2D eigenvalue weighted by atomic mass is 28.2. The van der Waals surface area contributed by atoms with E-state index in [1.54, 1.807) is 0 Å². The molecule has 0 N–H and O–H groups in total. The van der Waals surface area contributed by atoms with E-state index in [-0.39, 0.29) is 0 Å². The molecule has 0 aliphatic carbocycles. The molecule has 0 aliphatic heterocycles. The Kier molecular flexibility index (Phi) is 7.04. The van der Waals surface area contributed by atoms with Gasteiger partial charge in [-0.1, -0.05) is 0 Å². The normalized spacial score (nSPS) is 16.3. The van der Waals surface area contributed by atoms with Gasteiger partial charge >= 0.3 is 47.6 Å². The Balaban J connectivity index is 6.57. The van der Waals surface area contributed by atoms with Crippen LogP contribution in [0.1, 0.15) is 6.42 Å². The van der Waals surface area contributed by atoms with Gasteiger partial charge in [0.05, 0.1) is 0 Å². The Labute approximate surface area is 151 Å². The zero-order valence-electron chi connectivity index (χ0n) is 12.7. The fourth-order valence-corrected chi connectivity index (χ4v) is 1.63. The van der Waals surface area contributed by atoms with E-state index < -0.39 is 60.7 Å². The van der Waals surface area contributed by atoms with Crippen LogP contribution >= 0.6 is 0 Å². The van der Waals surface area contributed by atoms with Crippen LogP contribution in [0, 0.1) is 0 Å². The van der Waals surface area contributed by atoms with Gasteiger partial charge in [0.15, 0.2) is 0 Å². The van der Waals surface area contributed by atoms with Crippen LogP contribution in [0.3, 0.4) is 0 Å². The number of hydrogen-bond donors (Lipinski definition) is 0. The highest BCUT2D eigenvalue weighted by molar-refractivity contribution is 5.97. The van der Waals surface area contributed by atoms with Gasteiger partial charge in [0.2, 0.25) is 10.5 Å². The van der Waals surface area contributed by atoms with E-state index in [1.807, 2.05) is 10.5 Å². The van der Waals surface area contributed by atoms with Crippen LogP contribution in [0.2, 0.25) is 0 Å². The summed E-state index contributed by atoms with van der Waals surface area (Å²) in [4.78, 5) is 0. The molecular formula is C10H4F17OSi. The molecule has 0 unspecified atom stereocenters. The van der Waals surface area contributed by atoms with Crippen molar-refractivity contribution >= 4 is 10.5 Å². The lowest BCUT2D eigenvalue weighted by atomic mass is 9.88. The van der Waals surface area contributed by atoms with Crippen LogP contribution < -0.4 is 0 Å². The van der Waals surface area contributed by atoms with Crippen LogP contribution in [-0.2, 0) is 4.43 Å². The number of halogens is 17. The Hall–Kier alpha value is -1.01. The quantitative estimate of drug-likeness (QED) is 0.307. The maximum atomic E-state index is 13.2. The molecule has 0 atom stereocenters. The van der Waals surface area contributed by atoms with Gasteiger partial charge in [0, 0.05) is 13.0 Å². The van der Waals surface area contributed by atoms with Crippen molar-refractivity contribution in [2.75, 3.05) is 6.61 Å². The van der Waals surface area contributed by atoms with Crippen molar-refractivity contribution in [1.82, 2.24) is 0 Å². The third kappa shape index (κ3) is 3.75. The van der Waals surface area contributed by atoms with Crippen LogP contribution in [0.4, 0.5) is 74.6 Å². The molecule has 0 aromatic heterocycles. The van der Waals surface area contributed by atoms with E-state index in [0.29, 0.717) is 0 Å². The largest absolute Gasteiger partial charge is 0.460 e. The van der Waals surface area contributed by atoms with Gasteiger partial charge in [-0.05, 0) is 0 Å². The van der Waals surface area contributed by atoms with Crippen molar-refractivity contribution in [3.8, 4) is 0 Å². The van der Waals surface area contributed by atoms with Crippen molar-refractivity contribution in [1.29, 1.82) is 0 Å². The lowest BCUT2D eigenvalue weighted by Gasteiger charge is -2.42. The molecule has 3 radical (unpaired) electrons. The van der Waals surface area contributed by atoms with Crippen LogP contribution in [0.15, 0.2) is 0 Å². The first-order chi connectivity index (χ1) is 12.3. The first-order valence-electron chi connectivity index (χ1n) is 6.31. The van der Waals surface area contributed by atoms with E-state index in [9.17, 15) is 74.6 Å². The monoisotopic (exact) mass is 491 g/mol. The molecule has 29 heavy (non-hydrogen) atoms. The molecule has 0 aromatic carbocycles. The van der Waals surface area contributed by atoms with Crippen molar-refractivity contribution in [2.45, 2.75) is 54.1 Å². The van der Waals surface area contributed by atoms with Gasteiger partial charge in [-0.3, -0.25) is 0 Å². The maximum absolute atomic E-state index is 13.2. The van der Waals surface area contributed by atoms with Crippen molar-refractivity contribution < 1.29 is 79.1 Å². The summed E-state index contributed by atoms with van der Waals surface area (Å²) < 4.78 is 222. The average molecular weight is 491 g/mol. The summed E-state index contributed by atoms with van der Waals surface area (Å²) in [6, 6.07) is 0. The molecule has 1 nitrogen and oxygen atoms in total. The van der Waals surface area contributed by atoms with Crippen LogP contribution in [-0.4, -0.2) is 64.7 Å². The minimum atomic E-state index is -8.60. The highest BCUT2D eigenvalue weighted by Gasteiger charge is 2.95. The summed E-state index contributed by atoms with van der Waals surface area (Å²) in [6.07, 6.45) is -10.4. The van der Waals surface area contributed by atoms with Gasteiger partial charge in [0.1, 0.15) is 0 Å². The summed E-state index contributed by atoms with van der Waals surface area (Å²) >= 11 is 0. The van der Waals surface area contributed by atoms with Crippen molar-refractivity contribution in [3.05, 3.63) is 0 Å².